The monoisotopic (exact) mass is 796 g/mol. The summed E-state index contributed by atoms with van der Waals surface area (Å²) >= 11 is 6.44. The molecule has 2 atom stereocenters. The average molecular weight is 797 g/mol. The van der Waals surface area contributed by atoms with Gasteiger partial charge in [0.2, 0.25) is 5.91 Å². The maximum Gasteiger partial charge on any atom is 0.490 e. The highest BCUT2D eigenvalue weighted by Crippen LogP contribution is 2.38. The fraction of sp³-hybridized carbons (Fsp3) is 0.500. The molecule has 2 saturated heterocycles. The Bertz CT molecular complexity index is 1820. The lowest BCUT2D eigenvalue weighted by Gasteiger charge is -2.37. The molecule has 4 bridgehead atoms. The van der Waals surface area contributed by atoms with Crippen molar-refractivity contribution in [2.45, 2.75) is 43.9 Å². The Balaban J connectivity index is 0.000000815. The molecule has 0 aliphatic carbocycles. The first-order valence-corrected chi connectivity index (χ1v) is 18.2. The predicted molar refractivity (Wildman–Crippen MR) is 182 cm³/mol. The van der Waals surface area contributed by atoms with E-state index in [9.17, 15) is 44.3 Å². The number of carbonyl (C=O) groups is 3. The molecule has 3 heterocycles. The topological polar surface area (TPSA) is 145 Å². The molecule has 0 aromatic heterocycles. The number of hydrogen-bond donors (Lipinski definition) is 3. The van der Waals surface area contributed by atoms with Crippen LogP contribution in [0, 0.1) is 16.7 Å². The van der Waals surface area contributed by atoms with Gasteiger partial charge in [-0.2, -0.15) is 26.3 Å². The van der Waals surface area contributed by atoms with Crippen molar-refractivity contribution in [3.8, 4) is 0 Å². The Labute approximate surface area is 307 Å². The molecule has 2 aromatic rings. The molecule has 3 N–H and O–H groups in total. The van der Waals surface area contributed by atoms with Gasteiger partial charge in [-0.3, -0.25) is 13.9 Å². The van der Waals surface area contributed by atoms with Gasteiger partial charge in [0.15, 0.2) is 0 Å². The molecule has 53 heavy (non-hydrogen) atoms. The van der Waals surface area contributed by atoms with Crippen LogP contribution in [0.2, 0.25) is 5.02 Å². The van der Waals surface area contributed by atoms with E-state index in [-0.39, 0.29) is 52.8 Å². The van der Waals surface area contributed by atoms with Gasteiger partial charge in [-0.05, 0) is 68.2 Å². The third-order valence-corrected chi connectivity index (χ3v) is 11.8. The Kier molecular flexibility index (Phi) is 12.8. The first kappa shape index (κ1) is 41.9. The summed E-state index contributed by atoms with van der Waals surface area (Å²) in [5.74, 6) is -3.36. The van der Waals surface area contributed by atoms with Gasteiger partial charge < -0.3 is 25.4 Å². The molecule has 2 fully saturated rings. The van der Waals surface area contributed by atoms with Crippen LogP contribution in [0.5, 0.6) is 0 Å². The summed E-state index contributed by atoms with van der Waals surface area (Å²) in [6, 6.07) is 7.75. The van der Waals surface area contributed by atoms with E-state index in [4.69, 9.17) is 26.2 Å². The van der Waals surface area contributed by atoms with Crippen molar-refractivity contribution in [3.63, 3.8) is 0 Å². The zero-order chi connectivity index (χ0) is 39.4. The van der Waals surface area contributed by atoms with Crippen molar-refractivity contribution >= 4 is 45.1 Å². The number of halogens is 7. The van der Waals surface area contributed by atoms with Gasteiger partial charge in [0.05, 0.1) is 51.9 Å². The number of sulfonamides is 1. The van der Waals surface area contributed by atoms with Gasteiger partial charge >= 0.3 is 18.3 Å². The number of amides is 2. The molecule has 0 unspecified atom stereocenters. The Morgan fingerprint density at radius 2 is 1.70 bits per heavy atom. The van der Waals surface area contributed by atoms with E-state index in [1.165, 1.54) is 30.3 Å². The standard InChI is InChI=1S/C32H38ClF3N4O5S.C2HF3O2/c1-22-18-39-20-30(22,2)19-38-29(42)31(10-12-37-13-11-31)21-45-15-4-3-14-40(24-7-5-6-23(16-24)32(34,35)36)46(43,44)25-8-9-27(33)26(17-25)28(39)41;3-2(4,5)1(6)7/h3-9,16-17,22,37H,10-15,18-21H2,1-2H3,(H,38,42);(H,6,7)/b4-3-;/t22-,30-;/m1./s1. The summed E-state index contributed by atoms with van der Waals surface area (Å²) in [7, 11) is -4.48. The smallest absolute Gasteiger partial charge is 0.475 e. The van der Waals surface area contributed by atoms with Gasteiger partial charge in [0.1, 0.15) is 0 Å². The van der Waals surface area contributed by atoms with Crippen LogP contribution in [0.3, 0.4) is 0 Å². The number of benzene rings is 2. The molecule has 0 saturated carbocycles. The molecule has 292 valence electrons. The maximum atomic E-state index is 14.1. The molecular formula is C34H39ClF6N4O7S. The lowest BCUT2D eigenvalue weighted by atomic mass is 9.77. The molecule has 5 rings (SSSR count). The minimum Gasteiger partial charge on any atom is -0.475 e. The largest absolute Gasteiger partial charge is 0.490 e. The van der Waals surface area contributed by atoms with Crippen molar-refractivity contribution in [3.05, 3.63) is 70.8 Å². The fourth-order valence-electron chi connectivity index (χ4n) is 6.27. The van der Waals surface area contributed by atoms with E-state index in [0.717, 1.165) is 22.5 Å². The molecule has 1 spiro atoms. The van der Waals surface area contributed by atoms with Crippen LogP contribution in [0.25, 0.3) is 0 Å². The molecule has 2 amide bonds. The summed E-state index contributed by atoms with van der Waals surface area (Å²) < 4.78 is 108. The van der Waals surface area contributed by atoms with Crippen LogP contribution in [0.4, 0.5) is 32.0 Å². The van der Waals surface area contributed by atoms with Gasteiger partial charge in [-0.15, -0.1) is 0 Å². The minimum atomic E-state index is -5.08. The number of fused-ring (bicyclic) bond motifs is 4. The van der Waals surface area contributed by atoms with Gasteiger partial charge in [-0.1, -0.05) is 43.7 Å². The molecule has 3 aliphatic rings. The first-order valence-electron chi connectivity index (χ1n) is 16.4. The molecular weight excluding hydrogens is 758 g/mol. The van der Waals surface area contributed by atoms with Gasteiger partial charge in [0, 0.05) is 25.0 Å². The summed E-state index contributed by atoms with van der Waals surface area (Å²) in [6.07, 6.45) is -5.60. The third kappa shape index (κ3) is 9.82. The molecule has 3 aliphatic heterocycles. The van der Waals surface area contributed by atoms with Crippen molar-refractivity contribution < 1.29 is 59.0 Å². The normalized spacial score (nSPS) is 24.6. The second-order valence-electron chi connectivity index (χ2n) is 13.5. The summed E-state index contributed by atoms with van der Waals surface area (Å²) in [4.78, 5) is 37.7. The van der Waals surface area contributed by atoms with Crippen molar-refractivity contribution in [1.82, 2.24) is 15.5 Å². The van der Waals surface area contributed by atoms with Crippen LogP contribution in [-0.2, 0) is 30.5 Å². The number of aliphatic carboxylic acids is 1. The van der Waals surface area contributed by atoms with E-state index in [2.05, 4.69) is 10.6 Å². The molecule has 2 aromatic carbocycles. The van der Waals surface area contributed by atoms with E-state index < -0.39 is 50.6 Å². The lowest BCUT2D eigenvalue weighted by Crippen LogP contribution is -2.52. The average Bonchev–Trinajstić information content (AvgIpc) is 3.39. The molecule has 11 nitrogen and oxygen atoms in total. The maximum absolute atomic E-state index is 14.1. The van der Waals surface area contributed by atoms with Gasteiger partial charge in [-0.25, -0.2) is 13.2 Å². The van der Waals surface area contributed by atoms with Crippen molar-refractivity contribution in [1.29, 1.82) is 0 Å². The number of carboxylic acid groups (broad SMARTS) is 1. The Morgan fingerprint density at radius 1 is 1.04 bits per heavy atom. The highest BCUT2D eigenvalue weighted by molar-refractivity contribution is 7.92. The number of piperidine rings is 1. The third-order valence-electron chi connectivity index (χ3n) is 9.71. The van der Waals surface area contributed by atoms with Crippen molar-refractivity contribution in [2.75, 3.05) is 56.8 Å². The highest BCUT2D eigenvalue weighted by Gasteiger charge is 2.46. The zero-order valence-corrected chi connectivity index (χ0v) is 30.3. The number of alkyl halides is 6. The number of ether oxygens (including phenoxy) is 1. The SMILES string of the molecule is C[C@@H]1CN2C[C@@]1(C)CNC(=O)C1(CCNCC1)COC/C=C\CN(c1cccc(C(F)(F)F)c1)S(=O)(=O)c1ccc(Cl)c(c1)C2=O.O=C(O)C(F)(F)F. The van der Waals surface area contributed by atoms with E-state index in [0.29, 0.717) is 45.6 Å². The quantitative estimate of drug-likeness (QED) is 0.259. The Morgan fingerprint density at radius 3 is 2.32 bits per heavy atom. The van der Waals surface area contributed by atoms with Crippen LogP contribution >= 0.6 is 11.6 Å². The number of rotatable bonds is 1. The fourth-order valence-corrected chi connectivity index (χ4v) is 7.90. The summed E-state index contributed by atoms with van der Waals surface area (Å²) in [5.41, 5.74) is -2.49. The molecule has 0 radical (unpaired) electrons. The van der Waals surface area contributed by atoms with Gasteiger partial charge in [0.25, 0.3) is 15.9 Å². The van der Waals surface area contributed by atoms with E-state index in [1.807, 2.05) is 13.8 Å². The van der Waals surface area contributed by atoms with Crippen LogP contribution < -0.4 is 14.9 Å². The number of anilines is 1. The second-order valence-corrected chi connectivity index (χ2v) is 15.7. The highest BCUT2D eigenvalue weighted by atomic mass is 35.5. The zero-order valence-electron chi connectivity index (χ0n) is 28.7. The number of carbonyl (C=O) groups excluding carboxylic acids is 2. The van der Waals surface area contributed by atoms with Crippen molar-refractivity contribution in [2.24, 2.45) is 16.7 Å². The second kappa shape index (κ2) is 16.2. The van der Waals surface area contributed by atoms with Crippen LogP contribution in [0.15, 0.2) is 59.5 Å². The Hall–Kier alpha value is -3.87. The number of nitrogens with zero attached hydrogens (tertiary/aromatic N) is 2. The van der Waals surface area contributed by atoms with E-state index >= 15 is 0 Å². The minimum absolute atomic E-state index is 0.00482. The number of carboxylic acids is 1. The van der Waals surface area contributed by atoms with Crippen LogP contribution in [-0.4, -0.2) is 94.9 Å². The first-order chi connectivity index (χ1) is 24.6. The predicted octanol–water partition coefficient (Wildman–Crippen LogP) is 5.36. The number of hydrogen-bond acceptors (Lipinski definition) is 7. The summed E-state index contributed by atoms with van der Waals surface area (Å²) in [6.45, 7) is 6.15. The number of nitrogens with one attached hydrogen (secondary N) is 2. The van der Waals surface area contributed by atoms with Crippen LogP contribution in [0.1, 0.15) is 42.6 Å². The summed E-state index contributed by atoms with van der Waals surface area (Å²) in [5, 5.41) is 13.6. The molecule has 19 heteroatoms. The lowest BCUT2D eigenvalue weighted by molar-refractivity contribution is -0.192. The van der Waals surface area contributed by atoms with E-state index in [1.54, 1.807) is 11.0 Å².